The van der Waals surface area contributed by atoms with Crippen LogP contribution in [0, 0.1) is 6.92 Å². The van der Waals surface area contributed by atoms with Crippen LogP contribution >= 0.6 is 0 Å². The topological polar surface area (TPSA) is 75.3 Å². The molecule has 5 nitrogen and oxygen atoms in total. The number of sulfonamides is 1. The number of aryl methyl sites for hydroxylation is 1. The fourth-order valence-electron chi connectivity index (χ4n) is 2.98. The number of hydrogen-bond donors (Lipinski definition) is 2. The summed E-state index contributed by atoms with van der Waals surface area (Å²) in [6.07, 6.45) is 0. The van der Waals surface area contributed by atoms with Crippen molar-refractivity contribution in [1.82, 2.24) is 0 Å². The third-order valence-corrected chi connectivity index (χ3v) is 5.60. The second-order valence-corrected chi connectivity index (χ2v) is 7.36. The molecule has 0 spiro atoms. The van der Waals surface area contributed by atoms with Crippen LogP contribution < -0.4 is 10.0 Å². The van der Waals surface area contributed by atoms with Gasteiger partial charge in [-0.15, -0.1) is 0 Å². The Kier molecular flexibility index (Phi) is 4.70. The molecule has 1 aliphatic heterocycles. The predicted molar refractivity (Wildman–Crippen MR) is 105 cm³/mol. The Hall–Kier alpha value is -2.86. The highest BCUT2D eigenvalue weighted by Gasteiger charge is 2.26. The Bertz CT molecular complexity index is 1110. The summed E-state index contributed by atoms with van der Waals surface area (Å²) < 4.78 is 28.4. The third kappa shape index (κ3) is 2.93. The van der Waals surface area contributed by atoms with Crippen LogP contribution in [-0.2, 0) is 10.0 Å². The fraction of sp³-hybridized carbons (Fsp3) is 0.150. The molecule has 1 heterocycles. The molecule has 0 saturated heterocycles. The first-order chi connectivity index (χ1) is 12.5. The largest absolute Gasteiger partial charge is 0.321 e. The van der Waals surface area contributed by atoms with Gasteiger partial charge in [-0.3, -0.25) is 9.52 Å². The van der Waals surface area contributed by atoms with Crippen molar-refractivity contribution in [3.63, 3.8) is 0 Å². The van der Waals surface area contributed by atoms with Crippen molar-refractivity contribution in [2.45, 2.75) is 25.7 Å². The van der Waals surface area contributed by atoms with Gasteiger partial charge in [0, 0.05) is 22.0 Å². The van der Waals surface area contributed by atoms with E-state index in [1.54, 1.807) is 36.4 Å². The zero-order valence-electron chi connectivity index (χ0n) is 14.8. The number of hydrogen-bond acceptors (Lipinski definition) is 3. The van der Waals surface area contributed by atoms with Crippen molar-refractivity contribution in [2.24, 2.45) is 0 Å². The van der Waals surface area contributed by atoms with Gasteiger partial charge in [-0.05, 0) is 36.8 Å². The summed E-state index contributed by atoms with van der Waals surface area (Å²) in [4.78, 5) is 12.1. The number of anilines is 2. The molecule has 0 aliphatic carbocycles. The minimum absolute atomic E-state index is 0.155. The molecule has 2 N–H and O–H groups in total. The van der Waals surface area contributed by atoms with Gasteiger partial charge in [0.1, 0.15) is 0 Å². The van der Waals surface area contributed by atoms with Crippen LogP contribution in [0.25, 0.3) is 10.8 Å². The Morgan fingerprint density at radius 3 is 2.38 bits per heavy atom. The van der Waals surface area contributed by atoms with Crippen molar-refractivity contribution in [3.8, 4) is 0 Å². The Labute approximate surface area is 153 Å². The Morgan fingerprint density at radius 2 is 1.65 bits per heavy atom. The van der Waals surface area contributed by atoms with E-state index in [9.17, 15) is 13.2 Å². The average Bonchev–Trinajstić information content (AvgIpc) is 2.96. The van der Waals surface area contributed by atoms with Crippen LogP contribution in [0.2, 0.25) is 0 Å². The first-order valence-electron chi connectivity index (χ1n) is 8.43. The zero-order chi connectivity index (χ0) is 18.9. The summed E-state index contributed by atoms with van der Waals surface area (Å²) in [7, 11) is -3.77. The van der Waals surface area contributed by atoms with Crippen LogP contribution in [0.5, 0.6) is 0 Å². The van der Waals surface area contributed by atoms with Gasteiger partial charge in [-0.25, -0.2) is 8.42 Å². The molecule has 0 aromatic heterocycles. The summed E-state index contributed by atoms with van der Waals surface area (Å²) in [6, 6.07) is 15.4. The SMILES string of the molecule is CC.Cc1ccccc1NS(=O)(=O)c1ccc2c3c(cccc13)C(=O)N2. The molecule has 1 amide bonds. The number of carbonyl (C=O) groups is 1. The number of nitrogens with one attached hydrogen (secondary N) is 2. The van der Waals surface area contributed by atoms with Crippen LogP contribution in [-0.4, -0.2) is 14.3 Å². The van der Waals surface area contributed by atoms with Crippen LogP contribution in [0.4, 0.5) is 11.4 Å². The summed E-state index contributed by atoms with van der Waals surface area (Å²) in [5, 5.41) is 3.93. The highest BCUT2D eigenvalue weighted by atomic mass is 32.2. The minimum atomic E-state index is -3.77. The molecule has 0 unspecified atom stereocenters. The van der Waals surface area contributed by atoms with Crippen LogP contribution in [0.3, 0.4) is 0 Å². The molecule has 6 heteroatoms. The lowest BCUT2D eigenvalue weighted by molar-refractivity contribution is 0.103. The highest BCUT2D eigenvalue weighted by molar-refractivity contribution is 7.93. The van der Waals surface area contributed by atoms with Gasteiger partial charge in [-0.1, -0.05) is 44.2 Å². The van der Waals surface area contributed by atoms with Crippen molar-refractivity contribution in [3.05, 3.63) is 65.7 Å². The first kappa shape index (κ1) is 17.9. The standard InChI is InChI=1S/C18H14N2O3S.C2H6/c1-11-5-2-3-8-14(11)20-24(22,23)16-10-9-15-17-12(16)6-4-7-13(17)18(21)19-15;1-2/h2-10,20H,1H3,(H,19,21);1-2H3. The van der Waals surface area contributed by atoms with Crippen molar-refractivity contribution >= 4 is 38.1 Å². The maximum Gasteiger partial charge on any atom is 0.262 e. The molecular formula is C20H20N2O3S. The van der Waals surface area contributed by atoms with E-state index >= 15 is 0 Å². The van der Waals surface area contributed by atoms with E-state index in [0.29, 0.717) is 27.7 Å². The maximum absolute atomic E-state index is 12.9. The molecule has 0 saturated carbocycles. The molecule has 0 fully saturated rings. The second kappa shape index (κ2) is 6.80. The van der Waals surface area contributed by atoms with Crippen LogP contribution in [0.15, 0.2) is 59.5 Å². The Balaban J connectivity index is 0.000000948. The highest BCUT2D eigenvalue weighted by Crippen LogP contribution is 2.37. The van der Waals surface area contributed by atoms with Gasteiger partial charge in [0.2, 0.25) is 0 Å². The number of rotatable bonds is 3. The molecule has 1 aliphatic rings. The normalized spacial score (nSPS) is 12.3. The van der Waals surface area contributed by atoms with E-state index in [2.05, 4.69) is 10.0 Å². The molecule has 0 atom stereocenters. The second-order valence-electron chi connectivity index (χ2n) is 5.71. The van der Waals surface area contributed by atoms with E-state index in [4.69, 9.17) is 0 Å². The van der Waals surface area contributed by atoms with E-state index in [1.165, 1.54) is 6.07 Å². The predicted octanol–water partition coefficient (Wildman–Crippen LogP) is 4.54. The maximum atomic E-state index is 12.9. The number of amides is 1. The van der Waals surface area contributed by atoms with Gasteiger partial charge in [0.05, 0.1) is 10.6 Å². The molecule has 4 rings (SSSR count). The minimum Gasteiger partial charge on any atom is -0.321 e. The fourth-order valence-corrected chi connectivity index (χ4v) is 4.32. The van der Waals surface area contributed by atoms with Crippen molar-refractivity contribution in [1.29, 1.82) is 0 Å². The smallest absolute Gasteiger partial charge is 0.262 e. The Morgan fingerprint density at radius 1 is 0.923 bits per heavy atom. The third-order valence-electron chi connectivity index (χ3n) is 4.17. The van der Waals surface area contributed by atoms with E-state index in [0.717, 1.165) is 5.56 Å². The summed E-state index contributed by atoms with van der Waals surface area (Å²) >= 11 is 0. The lowest BCUT2D eigenvalue weighted by atomic mass is 10.1. The monoisotopic (exact) mass is 368 g/mol. The first-order valence-corrected chi connectivity index (χ1v) is 9.91. The molecule has 3 aromatic carbocycles. The van der Waals surface area contributed by atoms with Crippen molar-refractivity contribution in [2.75, 3.05) is 10.0 Å². The van der Waals surface area contributed by atoms with Gasteiger partial charge in [0.15, 0.2) is 0 Å². The molecule has 26 heavy (non-hydrogen) atoms. The number of benzene rings is 3. The van der Waals surface area contributed by atoms with Gasteiger partial charge < -0.3 is 5.32 Å². The molecule has 3 aromatic rings. The van der Waals surface area contributed by atoms with Crippen molar-refractivity contribution < 1.29 is 13.2 Å². The quantitative estimate of drug-likeness (QED) is 0.712. The average molecular weight is 368 g/mol. The van der Waals surface area contributed by atoms with E-state index < -0.39 is 10.0 Å². The summed E-state index contributed by atoms with van der Waals surface area (Å²) in [5.74, 6) is -0.211. The molecular weight excluding hydrogens is 348 g/mol. The van der Waals surface area contributed by atoms with Gasteiger partial charge in [0.25, 0.3) is 15.9 Å². The van der Waals surface area contributed by atoms with E-state index in [1.807, 2.05) is 32.9 Å². The van der Waals surface area contributed by atoms with E-state index in [-0.39, 0.29) is 10.8 Å². The lowest BCUT2D eigenvalue weighted by Crippen LogP contribution is -2.14. The molecule has 134 valence electrons. The lowest BCUT2D eigenvalue weighted by Gasteiger charge is -2.12. The summed E-state index contributed by atoms with van der Waals surface area (Å²) in [6.45, 7) is 5.84. The summed E-state index contributed by atoms with van der Waals surface area (Å²) in [5.41, 5.74) is 2.51. The van der Waals surface area contributed by atoms with Gasteiger partial charge in [-0.2, -0.15) is 0 Å². The molecule has 0 bridgehead atoms. The van der Waals surface area contributed by atoms with Gasteiger partial charge >= 0.3 is 0 Å². The number of carbonyl (C=O) groups excluding carboxylic acids is 1. The number of para-hydroxylation sites is 1. The van der Waals surface area contributed by atoms with Crippen LogP contribution in [0.1, 0.15) is 29.8 Å². The zero-order valence-corrected chi connectivity index (χ0v) is 15.6. The molecule has 0 radical (unpaired) electrons.